The van der Waals surface area contributed by atoms with E-state index in [1.165, 1.54) is 44.9 Å². The first-order valence-corrected chi connectivity index (χ1v) is 13.6. The molecule has 0 aliphatic rings. The van der Waals surface area contributed by atoms with Crippen LogP contribution in [0, 0.1) is 0 Å². The summed E-state index contributed by atoms with van der Waals surface area (Å²) in [7, 11) is -11.3. The van der Waals surface area contributed by atoms with Crippen LogP contribution in [0.15, 0.2) is 0 Å². The summed E-state index contributed by atoms with van der Waals surface area (Å²) >= 11 is 0. The molecular formula is C18H34F5NO4S2. The molecule has 0 saturated heterocycles. The van der Waals surface area contributed by atoms with E-state index in [-0.39, 0.29) is 6.42 Å². The normalized spacial score (nSPS) is 13.7. The summed E-state index contributed by atoms with van der Waals surface area (Å²) in [6.07, 6.45) is 7.45. The van der Waals surface area contributed by atoms with Crippen molar-refractivity contribution in [3.05, 3.63) is 0 Å². The van der Waals surface area contributed by atoms with E-state index >= 15 is 0 Å². The fraction of sp³-hybridized carbons (Fsp3) is 1.00. The lowest BCUT2D eigenvalue weighted by atomic mass is 10.0. The van der Waals surface area contributed by atoms with Crippen molar-refractivity contribution in [2.75, 3.05) is 5.75 Å². The van der Waals surface area contributed by atoms with Gasteiger partial charge in [0.1, 0.15) is 0 Å². The summed E-state index contributed by atoms with van der Waals surface area (Å²) in [4.78, 5) is 0. The van der Waals surface area contributed by atoms with Gasteiger partial charge < -0.3 is 0 Å². The number of sulfonamides is 2. The molecule has 5 nitrogen and oxygen atoms in total. The van der Waals surface area contributed by atoms with Gasteiger partial charge in [-0.15, -0.1) is 4.13 Å². The van der Waals surface area contributed by atoms with Crippen LogP contribution in [0.5, 0.6) is 0 Å². The van der Waals surface area contributed by atoms with Crippen LogP contribution in [0.25, 0.3) is 0 Å². The van der Waals surface area contributed by atoms with E-state index in [1.54, 1.807) is 0 Å². The fourth-order valence-corrected chi connectivity index (χ4v) is 5.88. The van der Waals surface area contributed by atoms with Crippen LogP contribution in [0.1, 0.15) is 96.8 Å². The molecule has 0 aromatic heterocycles. The van der Waals surface area contributed by atoms with Gasteiger partial charge in [-0.25, -0.2) is 16.8 Å². The van der Waals surface area contributed by atoms with E-state index < -0.39 is 37.2 Å². The third kappa shape index (κ3) is 11.8. The summed E-state index contributed by atoms with van der Waals surface area (Å²) < 4.78 is 108. The first-order chi connectivity index (χ1) is 13.8. The van der Waals surface area contributed by atoms with Crippen LogP contribution in [0.2, 0.25) is 0 Å². The second kappa shape index (κ2) is 13.8. The van der Waals surface area contributed by atoms with Crippen LogP contribution in [0.3, 0.4) is 0 Å². The average Bonchev–Trinajstić information content (AvgIpc) is 2.60. The molecule has 182 valence electrons. The SMILES string of the molecule is CCCCCCCCCCCCCCCCS(=O)(=O)NS(=O)(=O)C(F)(F)C(F)(F)F. The Labute approximate surface area is 177 Å². The van der Waals surface area contributed by atoms with Crippen molar-refractivity contribution in [1.82, 2.24) is 4.13 Å². The number of nitrogens with one attached hydrogen (secondary N) is 1. The highest BCUT2D eigenvalue weighted by molar-refractivity contribution is 8.05. The van der Waals surface area contributed by atoms with Crippen molar-refractivity contribution >= 4 is 20.0 Å². The molecule has 0 radical (unpaired) electrons. The Morgan fingerprint density at radius 1 is 0.600 bits per heavy atom. The molecule has 0 saturated carbocycles. The molecule has 0 amide bonds. The van der Waals surface area contributed by atoms with Crippen LogP contribution >= 0.6 is 0 Å². The molecule has 0 spiro atoms. The Morgan fingerprint density at radius 3 is 1.27 bits per heavy atom. The zero-order valence-corrected chi connectivity index (χ0v) is 19.1. The second-order valence-corrected chi connectivity index (χ2v) is 11.3. The van der Waals surface area contributed by atoms with Crippen molar-refractivity contribution < 1.29 is 38.8 Å². The number of hydrogen-bond donors (Lipinski definition) is 1. The Balaban J connectivity index is 3.91. The van der Waals surface area contributed by atoms with Crippen LogP contribution < -0.4 is 4.13 Å². The summed E-state index contributed by atoms with van der Waals surface area (Å²) in [5.74, 6) is -0.835. The van der Waals surface area contributed by atoms with E-state index in [0.29, 0.717) is 17.0 Å². The van der Waals surface area contributed by atoms with E-state index in [1.807, 2.05) is 0 Å². The Bertz CT molecular complexity index is 665. The van der Waals surface area contributed by atoms with Crippen molar-refractivity contribution in [2.45, 2.75) is 108 Å². The van der Waals surface area contributed by atoms with Gasteiger partial charge in [0, 0.05) is 0 Å². The summed E-state index contributed by atoms with van der Waals surface area (Å²) in [5.41, 5.74) is 0. The van der Waals surface area contributed by atoms with Gasteiger partial charge in [0.25, 0.3) is 10.0 Å². The smallest absolute Gasteiger partial charge is 0.211 e. The molecule has 0 aliphatic carbocycles. The summed E-state index contributed by atoms with van der Waals surface area (Å²) in [5, 5.41) is -6.19. The van der Waals surface area contributed by atoms with Gasteiger partial charge in [0.2, 0.25) is 10.0 Å². The van der Waals surface area contributed by atoms with E-state index in [9.17, 15) is 38.8 Å². The Morgan fingerprint density at radius 2 is 0.933 bits per heavy atom. The molecule has 30 heavy (non-hydrogen) atoms. The number of alkyl halides is 5. The quantitative estimate of drug-likeness (QED) is 0.194. The van der Waals surface area contributed by atoms with Gasteiger partial charge in [0.15, 0.2) is 0 Å². The molecule has 0 atom stereocenters. The summed E-state index contributed by atoms with van der Waals surface area (Å²) in [6.45, 7) is 2.18. The first-order valence-electron chi connectivity index (χ1n) is 10.5. The molecular weight excluding hydrogens is 453 g/mol. The van der Waals surface area contributed by atoms with Crippen LogP contribution in [-0.4, -0.2) is 34.0 Å². The highest BCUT2D eigenvalue weighted by Crippen LogP contribution is 2.39. The number of hydrogen-bond acceptors (Lipinski definition) is 4. The lowest BCUT2D eigenvalue weighted by molar-refractivity contribution is -0.241. The van der Waals surface area contributed by atoms with Crippen molar-refractivity contribution in [1.29, 1.82) is 0 Å². The fourth-order valence-electron chi connectivity index (χ4n) is 2.90. The van der Waals surface area contributed by atoms with Gasteiger partial charge >= 0.3 is 11.4 Å². The first kappa shape index (κ1) is 29.5. The largest absolute Gasteiger partial charge is 0.471 e. The van der Waals surface area contributed by atoms with Crippen molar-refractivity contribution in [3.63, 3.8) is 0 Å². The van der Waals surface area contributed by atoms with Crippen LogP contribution in [-0.2, 0) is 20.0 Å². The highest BCUT2D eigenvalue weighted by atomic mass is 32.3. The standard InChI is InChI=1S/C18H34F5NO4S2/c1-2-3-4-5-6-7-8-9-10-11-12-13-14-15-16-29(25,26)24-30(27,28)18(22,23)17(19,20)21/h24H,2-16H2,1H3. The van der Waals surface area contributed by atoms with Crippen molar-refractivity contribution in [2.24, 2.45) is 0 Å². The lowest BCUT2D eigenvalue weighted by Gasteiger charge is -2.19. The van der Waals surface area contributed by atoms with Gasteiger partial charge in [0.05, 0.1) is 5.75 Å². The van der Waals surface area contributed by atoms with Crippen LogP contribution in [0.4, 0.5) is 22.0 Å². The molecule has 1 N–H and O–H groups in total. The van der Waals surface area contributed by atoms with Gasteiger partial charge in [-0.05, 0) is 6.42 Å². The monoisotopic (exact) mass is 487 g/mol. The van der Waals surface area contributed by atoms with Gasteiger partial charge in [-0.2, -0.15) is 22.0 Å². The number of unbranched alkanes of at least 4 members (excludes halogenated alkanes) is 13. The maximum absolute atomic E-state index is 12.9. The van der Waals surface area contributed by atoms with E-state index in [4.69, 9.17) is 0 Å². The van der Waals surface area contributed by atoms with Gasteiger partial charge in [-0.3, -0.25) is 0 Å². The van der Waals surface area contributed by atoms with E-state index in [0.717, 1.165) is 25.7 Å². The molecule has 0 heterocycles. The highest BCUT2D eigenvalue weighted by Gasteiger charge is 2.68. The molecule has 0 aliphatic heterocycles. The second-order valence-electron chi connectivity index (χ2n) is 7.52. The minimum Gasteiger partial charge on any atom is -0.211 e. The minimum atomic E-state index is -6.44. The third-order valence-electron chi connectivity index (χ3n) is 4.67. The molecule has 12 heteroatoms. The zero-order chi connectivity index (χ0) is 23.3. The topological polar surface area (TPSA) is 80.3 Å². The Hall–Kier alpha value is -0.490. The van der Waals surface area contributed by atoms with E-state index in [2.05, 4.69) is 6.92 Å². The minimum absolute atomic E-state index is 0.0276. The molecule has 0 rings (SSSR count). The van der Waals surface area contributed by atoms with Crippen molar-refractivity contribution in [3.8, 4) is 0 Å². The van der Waals surface area contributed by atoms with Gasteiger partial charge in [-0.1, -0.05) is 90.4 Å². The molecule has 0 bridgehead atoms. The predicted molar refractivity (Wildman–Crippen MR) is 107 cm³/mol. The molecule has 0 unspecified atom stereocenters. The zero-order valence-electron chi connectivity index (χ0n) is 17.4. The maximum Gasteiger partial charge on any atom is 0.471 e. The molecule has 0 fully saturated rings. The summed E-state index contributed by atoms with van der Waals surface area (Å²) in [6, 6.07) is 0. The average molecular weight is 488 g/mol. The maximum atomic E-state index is 12.9. The Kier molecular flexibility index (Phi) is 13.6. The third-order valence-corrected chi connectivity index (χ3v) is 8.30. The lowest BCUT2D eigenvalue weighted by Crippen LogP contribution is -2.51. The number of halogens is 5. The molecule has 0 aromatic rings. The predicted octanol–water partition coefficient (Wildman–Crippen LogP) is 5.87. The molecule has 0 aromatic carbocycles. The number of rotatable bonds is 18.